The van der Waals surface area contributed by atoms with Crippen molar-refractivity contribution in [2.75, 3.05) is 25.1 Å². The van der Waals surface area contributed by atoms with Gasteiger partial charge in [-0.15, -0.1) is 0 Å². The number of aromatic nitrogens is 1. The third kappa shape index (κ3) is 2.93. The second kappa shape index (κ2) is 6.05. The van der Waals surface area contributed by atoms with Gasteiger partial charge in [0, 0.05) is 25.8 Å². The van der Waals surface area contributed by atoms with Crippen LogP contribution in [0.1, 0.15) is 26.2 Å². The summed E-state index contributed by atoms with van der Waals surface area (Å²) in [6.45, 7) is 3.50. The monoisotopic (exact) mass is 249 g/mol. The van der Waals surface area contributed by atoms with Crippen molar-refractivity contribution in [2.45, 2.75) is 32.2 Å². The highest BCUT2D eigenvalue weighted by Gasteiger charge is 2.34. The third-order valence-electron chi connectivity index (χ3n) is 3.45. The van der Waals surface area contributed by atoms with Gasteiger partial charge >= 0.3 is 0 Å². The van der Waals surface area contributed by atoms with Crippen LogP contribution in [0, 0.1) is 5.92 Å². The summed E-state index contributed by atoms with van der Waals surface area (Å²) in [5.41, 5.74) is 5.89. The fraction of sp³-hybridized carbons (Fsp3) is 0.643. The molecule has 100 valence electrons. The largest absolute Gasteiger partial charge is 0.490 e. The molecule has 1 aromatic rings. The number of nitrogens with zero attached hydrogens (tertiary/aromatic N) is 2. The van der Waals surface area contributed by atoms with Gasteiger partial charge in [-0.1, -0.05) is 6.92 Å². The molecule has 0 aromatic carbocycles. The Kier molecular flexibility index (Phi) is 4.42. The fourth-order valence-electron chi connectivity index (χ4n) is 2.28. The van der Waals surface area contributed by atoms with E-state index in [9.17, 15) is 0 Å². The quantitative estimate of drug-likeness (QED) is 0.803. The number of hydrogen-bond acceptors (Lipinski definition) is 4. The predicted octanol–water partition coefficient (Wildman–Crippen LogP) is 2.04. The summed E-state index contributed by atoms with van der Waals surface area (Å²) in [4.78, 5) is 6.64. The van der Waals surface area contributed by atoms with Crippen molar-refractivity contribution < 1.29 is 4.74 Å². The van der Waals surface area contributed by atoms with E-state index in [1.54, 1.807) is 0 Å². The molecule has 1 aliphatic carbocycles. The third-order valence-corrected chi connectivity index (χ3v) is 3.45. The lowest BCUT2D eigenvalue weighted by Gasteiger charge is -2.29. The molecule has 1 heterocycles. The van der Waals surface area contributed by atoms with Crippen LogP contribution in [0.15, 0.2) is 18.3 Å². The van der Waals surface area contributed by atoms with Crippen LogP contribution in [-0.4, -0.2) is 31.2 Å². The highest BCUT2D eigenvalue weighted by atomic mass is 16.5. The zero-order chi connectivity index (χ0) is 13.0. The lowest BCUT2D eigenvalue weighted by Crippen LogP contribution is -2.40. The summed E-state index contributed by atoms with van der Waals surface area (Å²) in [7, 11) is 2.07. The van der Waals surface area contributed by atoms with Gasteiger partial charge in [0.25, 0.3) is 0 Å². The number of anilines is 1. The molecule has 2 rings (SSSR count). The number of nitrogens with two attached hydrogens (primary N) is 1. The normalized spacial score (nSPS) is 16.4. The van der Waals surface area contributed by atoms with Crippen molar-refractivity contribution in [3.05, 3.63) is 18.3 Å². The number of rotatable bonds is 7. The predicted molar refractivity (Wildman–Crippen MR) is 74.0 cm³/mol. The molecular formula is C14H23N3O. The van der Waals surface area contributed by atoms with Gasteiger partial charge < -0.3 is 15.4 Å². The van der Waals surface area contributed by atoms with Crippen molar-refractivity contribution in [1.29, 1.82) is 0 Å². The van der Waals surface area contributed by atoms with Crippen LogP contribution in [0.25, 0.3) is 0 Å². The Morgan fingerprint density at radius 1 is 1.56 bits per heavy atom. The van der Waals surface area contributed by atoms with Gasteiger partial charge in [-0.05, 0) is 37.3 Å². The molecule has 1 aromatic heterocycles. The smallest absolute Gasteiger partial charge is 0.171 e. The van der Waals surface area contributed by atoms with Crippen LogP contribution < -0.4 is 15.4 Å². The summed E-state index contributed by atoms with van der Waals surface area (Å²) < 4.78 is 5.76. The molecule has 1 aliphatic rings. The molecule has 1 atom stereocenters. The van der Waals surface area contributed by atoms with Crippen molar-refractivity contribution in [1.82, 2.24) is 4.98 Å². The van der Waals surface area contributed by atoms with Gasteiger partial charge in [-0.25, -0.2) is 4.98 Å². The van der Waals surface area contributed by atoms with Gasteiger partial charge in [0.15, 0.2) is 11.6 Å². The highest BCUT2D eigenvalue weighted by Crippen LogP contribution is 2.37. The topological polar surface area (TPSA) is 51.4 Å². The van der Waals surface area contributed by atoms with E-state index in [1.807, 2.05) is 18.3 Å². The minimum Gasteiger partial charge on any atom is -0.490 e. The van der Waals surface area contributed by atoms with Gasteiger partial charge in [-0.3, -0.25) is 0 Å². The van der Waals surface area contributed by atoms with E-state index in [-0.39, 0.29) is 0 Å². The first-order valence-electron chi connectivity index (χ1n) is 6.78. The maximum Gasteiger partial charge on any atom is 0.171 e. The molecule has 0 aliphatic heterocycles. The first kappa shape index (κ1) is 13.1. The van der Waals surface area contributed by atoms with E-state index >= 15 is 0 Å². The van der Waals surface area contributed by atoms with E-state index in [0.29, 0.717) is 12.6 Å². The van der Waals surface area contributed by atoms with Crippen molar-refractivity contribution in [3.63, 3.8) is 0 Å². The molecule has 0 saturated heterocycles. The highest BCUT2D eigenvalue weighted by molar-refractivity contribution is 5.52. The lowest BCUT2D eigenvalue weighted by molar-refractivity contribution is 0.316. The Hall–Kier alpha value is -1.29. The molecule has 0 bridgehead atoms. The van der Waals surface area contributed by atoms with Crippen molar-refractivity contribution >= 4 is 5.82 Å². The number of hydrogen-bond donors (Lipinski definition) is 1. The van der Waals surface area contributed by atoms with Gasteiger partial charge in [0.2, 0.25) is 0 Å². The Morgan fingerprint density at radius 3 is 2.94 bits per heavy atom. The van der Waals surface area contributed by atoms with Crippen LogP contribution in [-0.2, 0) is 0 Å². The molecule has 2 N–H and O–H groups in total. The van der Waals surface area contributed by atoms with E-state index < -0.39 is 0 Å². The summed E-state index contributed by atoms with van der Waals surface area (Å²) in [6.07, 6.45) is 5.38. The standard InChI is InChI=1S/C14H23N3O/c1-3-9-18-13-5-4-8-16-14(13)17(2)12(10-15)11-6-7-11/h4-5,8,11-12H,3,6-7,9-10,15H2,1-2H3. The second-order valence-corrected chi connectivity index (χ2v) is 4.92. The molecule has 1 saturated carbocycles. The molecule has 1 fully saturated rings. The molecule has 0 amide bonds. The van der Waals surface area contributed by atoms with E-state index in [2.05, 4.69) is 23.9 Å². The zero-order valence-corrected chi connectivity index (χ0v) is 11.3. The molecule has 4 heteroatoms. The summed E-state index contributed by atoms with van der Waals surface area (Å²) in [5, 5.41) is 0. The maximum atomic E-state index is 5.89. The molecule has 18 heavy (non-hydrogen) atoms. The van der Waals surface area contributed by atoms with Crippen molar-refractivity contribution in [2.24, 2.45) is 11.7 Å². The minimum absolute atomic E-state index is 0.379. The number of likely N-dealkylation sites (N-methyl/N-ethyl adjacent to an activating group) is 1. The fourth-order valence-corrected chi connectivity index (χ4v) is 2.28. The summed E-state index contributed by atoms with van der Waals surface area (Å²) in [5.74, 6) is 2.50. The van der Waals surface area contributed by atoms with Crippen LogP contribution in [0.2, 0.25) is 0 Å². The molecule has 0 radical (unpaired) electrons. The van der Waals surface area contributed by atoms with Crippen LogP contribution >= 0.6 is 0 Å². The maximum absolute atomic E-state index is 5.89. The van der Waals surface area contributed by atoms with Crippen LogP contribution in [0.3, 0.4) is 0 Å². The Labute approximate surface area is 109 Å². The molecule has 4 nitrogen and oxygen atoms in total. The first-order valence-corrected chi connectivity index (χ1v) is 6.78. The van der Waals surface area contributed by atoms with Crippen LogP contribution in [0.5, 0.6) is 5.75 Å². The SMILES string of the molecule is CCCOc1cccnc1N(C)C(CN)C1CC1. The first-order chi connectivity index (χ1) is 8.77. The van der Waals surface area contributed by atoms with Crippen LogP contribution in [0.4, 0.5) is 5.82 Å². The Morgan fingerprint density at radius 2 is 2.33 bits per heavy atom. The average molecular weight is 249 g/mol. The van der Waals surface area contributed by atoms with Gasteiger partial charge in [0.05, 0.1) is 6.61 Å². The van der Waals surface area contributed by atoms with Crippen molar-refractivity contribution in [3.8, 4) is 5.75 Å². The van der Waals surface area contributed by atoms with E-state index in [0.717, 1.165) is 30.5 Å². The van der Waals surface area contributed by atoms with E-state index in [1.165, 1.54) is 12.8 Å². The van der Waals surface area contributed by atoms with E-state index in [4.69, 9.17) is 10.5 Å². The van der Waals surface area contributed by atoms with Gasteiger partial charge in [-0.2, -0.15) is 0 Å². The summed E-state index contributed by atoms with van der Waals surface area (Å²) >= 11 is 0. The zero-order valence-electron chi connectivity index (χ0n) is 11.3. The van der Waals surface area contributed by atoms with Gasteiger partial charge in [0.1, 0.15) is 0 Å². The second-order valence-electron chi connectivity index (χ2n) is 4.92. The number of pyridine rings is 1. The molecule has 0 spiro atoms. The average Bonchev–Trinajstić information content (AvgIpc) is 3.22. The Balaban J connectivity index is 2.14. The minimum atomic E-state index is 0.379. The Bertz CT molecular complexity index is 379. The number of ether oxygens (including phenoxy) is 1. The molecular weight excluding hydrogens is 226 g/mol. The molecule has 1 unspecified atom stereocenters. The summed E-state index contributed by atoms with van der Waals surface area (Å²) in [6, 6.07) is 4.27. The lowest BCUT2D eigenvalue weighted by atomic mass is 10.1.